The van der Waals surface area contributed by atoms with Crippen molar-refractivity contribution < 1.29 is 14.3 Å². The Bertz CT molecular complexity index is 657. The minimum atomic E-state index is -0.161. The Morgan fingerprint density at radius 2 is 2.14 bits per heavy atom. The van der Waals surface area contributed by atoms with E-state index in [-0.39, 0.29) is 11.0 Å². The molecule has 1 heterocycles. The van der Waals surface area contributed by atoms with Crippen LogP contribution in [0.2, 0.25) is 0 Å². The van der Waals surface area contributed by atoms with E-state index < -0.39 is 0 Å². The fourth-order valence-corrected chi connectivity index (χ4v) is 2.78. The molecule has 0 saturated carbocycles. The number of ketones is 1. The van der Waals surface area contributed by atoms with Gasteiger partial charge in [0.1, 0.15) is 17.3 Å². The number of hydrogen-bond acceptors (Lipinski definition) is 6. The molecule has 2 aromatic rings. The van der Waals surface area contributed by atoms with Gasteiger partial charge in [0.15, 0.2) is 5.82 Å². The number of aromatic amines is 1. The van der Waals surface area contributed by atoms with Gasteiger partial charge in [-0.1, -0.05) is 18.7 Å². The summed E-state index contributed by atoms with van der Waals surface area (Å²) < 4.78 is 10.5. The summed E-state index contributed by atoms with van der Waals surface area (Å²) in [7, 11) is 3.19. The van der Waals surface area contributed by atoms with Gasteiger partial charge in [-0.05, 0) is 19.1 Å². The molecular weight excluding hydrogens is 302 g/mol. The first-order valence-electron chi connectivity index (χ1n) is 6.93. The number of nitrogens with one attached hydrogen (secondary N) is 1. The van der Waals surface area contributed by atoms with Crippen LogP contribution in [0.4, 0.5) is 0 Å². The topological polar surface area (TPSA) is 77.1 Å². The highest BCUT2D eigenvalue weighted by Gasteiger charge is 2.17. The number of hydrogen-bond donors (Lipinski definition) is 1. The lowest BCUT2D eigenvalue weighted by atomic mass is 10.2. The molecule has 118 valence electrons. The highest BCUT2D eigenvalue weighted by Crippen LogP contribution is 2.32. The van der Waals surface area contributed by atoms with Gasteiger partial charge in [-0.2, -0.15) is 0 Å². The summed E-state index contributed by atoms with van der Waals surface area (Å²) in [6.07, 6.45) is 0.512. The second-order valence-electron chi connectivity index (χ2n) is 4.61. The number of carbonyl (C=O) groups is 1. The van der Waals surface area contributed by atoms with Crippen LogP contribution in [0.15, 0.2) is 23.4 Å². The lowest BCUT2D eigenvalue weighted by Gasteiger charge is -2.08. The van der Waals surface area contributed by atoms with Crippen LogP contribution in [0.1, 0.15) is 20.3 Å². The summed E-state index contributed by atoms with van der Waals surface area (Å²) in [5, 5.41) is 7.42. The van der Waals surface area contributed by atoms with Crippen molar-refractivity contribution in [1.29, 1.82) is 0 Å². The molecule has 0 saturated heterocycles. The first-order chi connectivity index (χ1) is 10.6. The van der Waals surface area contributed by atoms with E-state index in [1.807, 2.05) is 26.0 Å². The molecule has 2 rings (SSSR count). The summed E-state index contributed by atoms with van der Waals surface area (Å²) in [5.74, 6) is 2.12. The minimum Gasteiger partial charge on any atom is -0.497 e. The molecule has 0 aliphatic carbocycles. The number of Topliss-reactive ketones (excluding diaryl/α,β-unsaturated/α-hetero) is 1. The van der Waals surface area contributed by atoms with Crippen LogP contribution in [0.3, 0.4) is 0 Å². The minimum absolute atomic E-state index is 0.161. The number of nitrogens with zero attached hydrogens (tertiary/aromatic N) is 2. The van der Waals surface area contributed by atoms with Crippen molar-refractivity contribution in [2.24, 2.45) is 0 Å². The van der Waals surface area contributed by atoms with Crippen LogP contribution in [-0.4, -0.2) is 40.4 Å². The van der Waals surface area contributed by atoms with Crippen molar-refractivity contribution in [3.05, 3.63) is 18.2 Å². The molecule has 1 aromatic carbocycles. The van der Waals surface area contributed by atoms with E-state index in [2.05, 4.69) is 15.2 Å². The Hall–Kier alpha value is -2.02. The van der Waals surface area contributed by atoms with Crippen LogP contribution >= 0.6 is 11.8 Å². The normalized spacial score (nSPS) is 12.0. The molecule has 0 amide bonds. The molecule has 7 heteroatoms. The maximum atomic E-state index is 11.6. The highest BCUT2D eigenvalue weighted by atomic mass is 32.2. The summed E-state index contributed by atoms with van der Waals surface area (Å²) in [6, 6.07) is 5.47. The Kier molecular flexibility index (Phi) is 5.43. The Morgan fingerprint density at radius 3 is 2.77 bits per heavy atom. The monoisotopic (exact) mass is 321 g/mol. The second-order valence-corrected chi connectivity index (χ2v) is 5.92. The number of ether oxygens (including phenoxy) is 2. The third kappa shape index (κ3) is 3.59. The number of benzene rings is 1. The second kappa shape index (κ2) is 7.31. The predicted molar refractivity (Wildman–Crippen MR) is 85.5 cm³/mol. The van der Waals surface area contributed by atoms with Crippen molar-refractivity contribution >= 4 is 17.5 Å². The number of carbonyl (C=O) groups excluding carboxylic acids is 1. The summed E-state index contributed by atoms with van der Waals surface area (Å²) in [6.45, 7) is 3.71. The molecule has 0 bridgehead atoms. The largest absolute Gasteiger partial charge is 0.497 e. The number of H-pyrrole nitrogens is 1. The van der Waals surface area contributed by atoms with Gasteiger partial charge in [-0.25, -0.2) is 4.98 Å². The first-order valence-corrected chi connectivity index (χ1v) is 7.81. The van der Waals surface area contributed by atoms with Crippen LogP contribution in [0, 0.1) is 0 Å². The van der Waals surface area contributed by atoms with Crippen LogP contribution in [0.5, 0.6) is 11.5 Å². The average molecular weight is 321 g/mol. The molecule has 0 radical (unpaired) electrons. The molecular formula is C15H19N3O3S. The molecule has 0 spiro atoms. The van der Waals surface area contributed by atoms with Gasteiger partial charge in [0, 0.05) is 12.5 Å². The van der Waals surface area contributed by atoms with Gasteiger partial charge in [0.2, 0.25) is 5.16 Å². The fourth-order valence-electron chi connectivity index (χ4n) is 1.93. The molecule has 1 aromatic heterocycles. The fraction of sp³-hybridized carbons (Fsp3) is 0.400. The molecule has 0 aliphatic rings. The van der Waals surface area contributed by atoms with E-state index in [0.717, 1.165) is 5.56 Å². The van der Waals surface area contributed by atoms with Crippen molar-refractivity contribution in [2.75, 3.05) is 14.2 Å². The zero-order valence-electron chi connectivity index (χ0n) is 13.0. The quantitative estimate of drug-likeness (QED) is 0.790. The number of aromatic nitrogens is 3. The van der Waals surface area contributed by atoms with Crippen LogP contribution in [-0.2, 0) is 4.79 Å². The molecule has 22 heavy (non-hydrogen) atoms. The maximum Gasteiger partial charge on any atom is 0.209 e. The van der Waals surface area contributed by atoms with Crippen molar-refractivity contribution in [1.82, 2.24) is 15.2 Å². The van der Waals surface area contributed by atoms with Crippen LogP contribution < -0.4 is 9.47 Å². The first kappa shape index (κ1) is 16.4. The zero-order valence-corrected chi connectivity index (χ0v) is 13.9. The van der Waals surface area contributed by atoms with E-state index in [0.29, 0.717) is 28.9 Å². The highest BCUT2D eigenvalue weighted by molar-refractivity contribution is 8.00. The molecule has 0 fully saturated rings. The van der Waals surface area contributed by atoms with Crippen molar-refractivity contribution in [3.8, 4) is 22.9 Å². The van der Waals surface area contributed by atoms with E-state index >= 15 is 0 Å². The number of rotatable bonds is 7. The van der Waals surface area contributed by atoms with Gasteiger partial charge < -0.3 is 9.47 Å². The number of methoxy groups -OCH3 is 2. The van der Waals surface area contributed by atoms with Gasteiger partial charge in [0.05, 0.1) is 25.0 Å². The average Bonchev–Trinajstić information content (AvgIpc) is 3.01. The maximum absolute atomic E-state index is 11.6. The van der Waals surface area contributed by atoms with Crippen LogP contribution in [0.25, 0.3) is 11.4 Å². The third-order valence-corrected chi connectivity index (χ3v) is 4.22. The summed E-state index contributed by atoms with van der Waals surface area (Å²) >= 11 is 1.34. The molecule has 1 N–H and O–H groups in total. The van der Waals surface area contributed by atoms with E-state index in [1.54, 1.807) is 20.3 Å². The predicted octanol–water partition coefficient (Wildman–Crippen LogP) is 2.95. The zero-order chi connectivity index (χ0) is 16.1. The van der Waals surface area contributed by atoms with Crippen molar-refractivity contribution in [3.63, 3.8) is 0 Å². The molecule has 6 nitrogen and oxygen atoms in total. The molecule has 0 aliphatic heterocycles. The lowest BCUT2D eigenvalue weighted by molar-refractivity contribution is -0.118. The standard InChI is InChI=1S/C15H19N3O3S/c1-5-12(19)9(2)22-15-16-14(17-18-15)11-7-6-10(20-3)8-13(11)21-4/h6-9H,5H2,1-4H3,(H,16,17,18)/t9-/m0/s1. The lowest BCUT2D eigenvalue weighted by Crippen LogP contribution is -2.11. The Labute approximate surface area is 133 Å². The third-order valence-electron chi connectivity index (χ3n) is 3.21. The van der Waals surface area contributed by atoms with Gasteiger partial charge in [-0.3, -0.25) is 9.89 Å². The Morgan fingerprint density at radius 1 is 1.36 bits per heavy atom. The van der Waals surface area contributed by atoms with Gasteiger partial charge in [-0.15, -0.1) is 5.10 Å². The SMILES string of the molecule is CCC(=O)[C@H](C)Sc1n[nH]c(-c2ccc(OC)cc2OC)n1. The summed E-state index contributed by atoms with van der Waals surface area (Å²) in [4.78, 5) is 16.1. The van der Waals surface area contributed by atoms with Gasteiger partial charge >= 0.3 is 0 Å². The van der Waals surface area contributed by atoms with E-state index in [1.165, 1.54) is 11.8 Å². The molecule has 0 unspecified atom stereocenters. The smallest absolute Gasteiger partial charge is 0.209 e. The molecule has 1 atom stereocenters. The number of thioether (sulfide) groups is 1. The van der Waals surface area contributed by atoms with E-state index in [4.69, 9.17) is 9.47 Å². The Balaban J connectivity index is 2.23. The van der Waals surface area contributed by atoms with E-state index in [9.17, 15) is 4.79 Å². The van der Waals surface area contributed by atoms with Gasteiger partial charge in [0.25, 0.3) is 0 Å². The van der Waals surface area contributed by atoms with Crippen molar-refractivity contribution in [2.45, 2.75) is 30.7 Å². The summed E-state index contributed by atoms with van der Waals surface area (Å²) in [5.41, 5.74) is 0.789.